The Morgan fingerprint density at radius 1 is 1.56 bits per heavy atom. The molecule has 0 spiro atoms. The van der Waals surface area contributed by atoms with Crippen molar-refractivity contribution in [1.29, 1.82) is 0 Å². The number of rotatable bonds is 4. The van der Waals surface area contributed by atoms with Crippen molar-refractivity contribution in [3.8, 4) is 0 Å². The van der Waals surface area contributed by atoms with Crippen LogP contribution in [0.5, 0.6) is 0 Å². The highest BCUT2D eigenvalue weighted by atomic mass is 32.1. The quantitative estimate of drug-likeness (QED) is 0.773. The molecule has 3 N–H and O–H groups in total. The maximum atomic E-state index is 11.5. The summed E-state index contributed by atoms with van der Waals surface area (Å²) in [4.78, 5) is 26.4. The molecule has 16 heavy (non-hydrogen) atoms. The van der Waals surface area contributed by atoms with Gasteiger partial charge in [-0.2, -0.15) is 0 Å². The molecule has 1 aromatic heterocycles. The van der Waals surface area contributed by atoms with E-state index in [1.165, 1.54) is 17.4 Å². The molecule has 1 heterocycles. The number of primary amides is 1. The van der Waals surface area contributed by atoms with Gasteiger partial charge in [0, 0.05) is 23.2 Å². The van der Waals surface area contributed by atoms with Crippen LogP contribution < -0.4 is 11.1 Å². The SMILES string of the molecule is CC(C)/C(=C\C(=O)Nc1nccs1)C(N)=O. The van der Waals surface area contributed by atoms with E-state index in [2.05, 4.69) is 10.3 Å². The molecular formula is C10H13N3O2S. The molecule has 0 aliphatic carbocycles. The number of thiazole rings is 1. The van der Waals surface area contributed by atoms with Gasteiger partial charge in [-0.15, -0.1) is 11.3 Å². The minimum Gasteiger partial charge on any atom is -0.366 e. The van der Waals surface area contributed by atoms with Gasteiger partial charge < -0.3 is 5.73 Å². The van der Waals surface area contributed by atoms with Gasteiger partial charge >= 0.3 is 0 Å². The Kier molecular flexibility index (Phi) is 4.19. The van der Waals surface area contributed by atoms with E-state index in [9.17, 15) is 9.59 Å². The van der Waals surface area contributed by atoms with Crippen LogP contribution in [0.25, 0.3) is 0 Å². The summed E-state index contributed by atoms with van der Waals surface area (Å²) in [6.07, 6.45) is 2.80. The van der Waals surface area contributed by atoms with E-state index in [-0.39, 0.29) is 5.92 Å². The first kappa shape index (κ1) is 12.4. The van der Waals surface area contributed by atoms with Gasteiger partial charge in [-0.05, 0) is 5.92 Å². The van der Waals surface area contributed by atoms with Crippen LogP contribution in [0.1, 0.15) is 13.8 Å². The van der Waals surface area contributed by atoms with Crippen molar-refractivity contribution < 1.29 is 9.59 Å². The molecule has 2 amide bonds. The fourth-order valence-corrected chi connectivity index (χ4v) is 1.62. The largest absolute Gasteiger partial charge is 0.366 e. The third kappa shape index (κ3) is 3.47. The van der Waals surface area contributed by atoms with E-state index >= 15 is 0 Å². The van der Waals surface area contributed by atoms with Crippen molar-refractivity contribution in [2.24, 2.45) is 11.7 Å². The number of hydrogen-bond acceptors (Lipinski definition) is 4. The molecule has 0 saturated carbocycles. The average Bonchev–Trinajstić information content (AvgIpc) is 2.65. The Bertz CT molecular complexity index is 410. The second-order valence-electron chi connectivity index (χ2n) is 3.45. The smallest absolute Gasteiger partial charge is 0.250 e. The van der Waals surface area contributed by atoms with Gasteiger partial charge in [-0.25, -0.2) is 4.98 Å². The Morgan fingerprint density at radius 3 is 2.69 bits per heavy atom. The van der Waals surface area contributed by atoms with Crippen molar-refractivity contribution >= 4 is 28.3 Å². The molecule has 0 fully saturated rings. The molecule has 0 radical (unpaired) electrons. The molecule has 1 aromatic rings. The molecule has 0 saturated heterocycles. The number of hydrogen-bond donors (Lipinski definition) is 2. The molecule has 0 aliphatic rings. The van der Waals surface area contributed by atoms with E-state index < -0.39 is 11.8 Å². The summed E-state index contributed by atoms with van der Waals surface area (Å²) >= 11 is 1.31. The minimum absolute atomic E-state index is 0.0838. The van der Waals surface area contributed by atoms with E-state index in [1.54, 1.807) is 25.4 Å². The van der Waals surface area contributed by atoms with Crippen molar-refractivity contribution in [2.45, 2.75) is 13.8 Å². The zero-order valence-electron chi connectivity index (χ0n) is 9.06. The molecule has 6 heteroatoms. The van der Waals surface area contributed by atoms with Gasteiger partial charge in [0.2, 0.25) is 5.91 Å². The van der Waals surface area contributed by atoms with Gasteiger partial charge in [0.1, 0.15) is 0 Å². The van der Waals surface area contributed by atoms with E-state index in [0.717, 1.165) is 0 Å². The lowest BCUT2D eigenvalue weighted by Crippen LogP contribution is -2.20. The predicted molar refractivity (Wildman–Crippen MR) is 62.9 cm³/mol. The third-order valence-electron chi connectivity index (χ3n) is 1.86. The first-order valence-corrected chi connectivity index (χ1v) is 5.60. The summed E-state index contributed by atoms with van der Waals surface area (Å²) < 4.78 is 0. The van der Waals surface area contributed by atoms with Crippen LogP contribution in [0.15, 0.2) is 23.2 Å². The number of nitrogens with zero attached hydrogens (tertiary/aromatic N) is 1. The maximum Gasteiger partial charge on any atom is 0.250 e. The van der Waals surface area contributed by atoms with E-state index in [0.29, 0.717) is 10.7 Å². The summed E-state index contributed by atoms with van der Waals surface area (Å²) in [5, 5.41) is 4.79. The monoisotopic (exact) mass is 239 g/mol. The highest BCUT2D eigenvalue weighted by Crippen LogP contribution is 2.12. The summed E-state index contributed by atoms with van der Waals surface area (Å²) in [6.45, 7) is 3.60. The minimum atomic E-state index is -0.579. The van der Waals surface area contributed by atoms with Crippen LogP contribution in [-0.4, -0.2) is 16.8 Å². The van der Waals surface area contributed by atoms with Gasteiger partial charge in [0.05, 0.1) is 0 Å². The van der Waals surface area contributed by atoms with Crippen LogP contribution in [-0.2, 0) is 9.59 Å². The second kappa shape index (κ2) is 5.41. The van der Waals surface area contributed by atoms with Gasteiger partial charge in [0.15, 0.2) is 5.13 Å². The topological polar surface area (TPSA) is 85.1 Å². The highest BCUT2D eigenvalue weighted by molar-refractivity contribution is 7.13. The van der Waals surface area contributed by atoms with Crippen LogP contribution in [0, 0.1) is 5.92 Å². The Balaban J connectivity index is 2.74. The lowest BCUT2D eigenvalue weighted by Gasteiger charge is -2.06. The molecule has 1 rings (SSSR count). The molecule has 86 valence electrons. The van der Waals surface area contributed by atoms with Crippen LogP contribution >= 0.6 is 11.3 Å². The standard InChI is InChI=1S/C10H13N3O2S/c1-6(2)7(9(11)15)5-8(14)13-10-12-3-4-16-10/h3-6H,1-2H3,(H2,11,15)(H,12,13,14)/b7-5+. The zero-order valence-corrected chi connectivity index (χ0v) is 9.88. The summed E-state index contributed by atoms with van der Waals surface area (Å²) in [6, 6.07) is 0. The fraction of sp³-hybridized carbons (Fsp3) is 0.300. The molecular weight excluding hydrogens is 226 g/mol. The third-order valence-corrected chi connectivity index (χ3v) is 2.54. The second-order valence-corrected chi connectivity index (χ2v) is 4.34. The molecule has 5 nitrogen and oxygen atoms in total. The van der Waals surface area contributed by atoms with Crippen LogP contribution in [0.3, 0.4) is 0 Å². The maximum absolute atomic E-state index is 11.5. The van der Waals surface area contributed by atoms with Crippen LogP contribution in [0.2, 0.25) is 0 Å². The van der Waals surface area contributed by atoms with Gasteiger partial charge in [-0.3, -0.25) is 14.9 Å². The molecule has 0 unspecified atom stereocenters. The van der Waals surface area contributed by atoms with Crippen molar-refractivity contribution in [3.63, 3.8) is 0 Å². The number of amides is 2. The number of nitrogens with one attached hydrogen (secondary N) is 1. The molecule has 0 aliphatic heterocycles. The molecule has 0 bridgehead atoms. The number of aromatic nitrogens is 1. The molecule has 0 aromatic carbocycles. The first-order valence-electron chi connectivity index (χ1n) is 4.72. The number of anilines is 1. The fourth-order valence-electron chi connectivity index (χ4n) is 1.09. The Labute approximate surface area is 97.4 Å². The van der Waals surface area contributed by atoms with E-state index in [1.807, 2.05) is 0 Å². The van der Waals surface area contributed by atoms with Gasteiger partial charge in [0.25, 0.3) is 5.91 Å². The highest BCUT2D eigenvalue weighted by Gasteiger charge is 2.12. The summed E-state index contributed by atoms with van der Waals surface area (Å²) in [7, 11) is 0. The number of carbonyl (C=O) groups excluding carboxylic acids is 2. The molecule has 0 atom stereocenters. The Morgan fingerprint density at radius 2 is 2.25 bits per heavy atom. The van der Waals surface area contributed by atoms with Crippen molar-refractivity contribution in [3.05, 3.63) is 23.2 Å². The first-order chi connectivity index (χ1) is 7.50. The predicted octanol–water partition coefficient (Wildman–Crippen LogP) is 1.15. The summed E-state index contributed by atoms with van der Waals surface area (Å²) in [5.74, 6) is -1.05. The Hall–Kier alpha value is -1.69. The van der Waals surface area contributed by atoms with Crippen molar-refractivity contribution in [2.75, 3.05) is 5.32 Å². The average molecular weight is 239 g/mol. The summed E-state index contributed by atoms with van der Waals surface area (Å²) in [5.41, 5.74) is 5.46. The number of nitrogens with two attached hydrogens (primary N) is 1. The lowest BCUT2D eigenvalue weighted by atomic mass is 10.0. The van der Waals surface area contributed by atoms with Gasteiger partial charge in [-0.1, -0.05) is 13.8 Å². The lowest BCUT2D eigenvalue weighted by molar-refractivity contribution is -0.116. The number of carbonyl (C=O) groups is 2. The van der Waals surface area contributed by atoms with Crippen LogP contribution in [0.4, 0.5) is 5.13 Å². The zero-order chi connectivity index (χ0) is 12.1. The van der Waals surface area contributed by atoms with Crippen molar-refractivity contribution in [1.82, 2.24) is 4.98 Å². The van der Waals surface area contributed by atoms with E-state index in [4.69, 9.17) is 5.73 Å². The normalized spacial score (nSPS) is 11.6.